The van der Waals surface area contributed by atoms with Crippen molar-refractivity contribution in [2.24, 2.45) is 5.92 Å². The zero-order valence-corrected chi connectivity index (χ0v) is 16.9. The number of piperidine rings is 1. The molecule has 0 spiro atoms. The number of nitrogens with one attached hydrogen (secondary N) is 1. The molecule has 27 heavy (non-hydrogen) atoms. The molecule has 3 nitrogen and oxygen atoms in total. The van der Waals surface area contributed by atoms with Crippen molar-refractivity contribution in [1.82, 2.24) is 10.2 Å². The third-order valence-corrected chi connectivity index (χ3v) is 5.86. The van der Waals surface area contributed by atoms with Gasteiger partial charge in [0.1, 0.15) is 0 Å². The lowest BCUT2D eigenvalue weighted by molar-refractivity contribution is -0.127. The number of hydrogen-bond acceptors (Lipinski definition) is 2. The Balaban J connectivity index is 1.48. The van der Waals surface area contributed by atoms with E-state index in [4.69, 9.17) is 0 Å². The molecule has 0 saturated carbocycles. The lowest BCUT2D eigenvalue weighted by Gasteiger charge is -2.32. The van der Waals surface area contributed by atoms with E-state index in [1.165, 1.54) is 22.3 Å². The summed E-state index contributed by atoms with van der Waals surface area (Å²) in [7, 11) is 0. The maximum Gasteiger partial charge on any atom is 0.223 e. The second-order valence-electron chi connectivity index (χ2n) is 7.80. The van der Waals surface area contributed by atoms with Gasteiger partial charge >= 0.3 is 0 Å². The van der Waals surface area contributed by atoms with Crippen LogP contribution in [0, 0.1) is 12.8 Å². The fourth-order valence-electron chi connectivity index (χ4n) is 3.84. The van der Waals surface area contributed by atoms with Gasteiger partial charge in [0.15, 0.2) is 0 Å². The van der Waals surface area contributed by atoms with Gasteiger partial charge in [-0.1, -0.05) is 55.5 Å². The van der Waals surface area contributed by atoms with Crippen molar-refractivity contribution in [2.45, 2.75) is 52.6 Å². The summed E-state index contributed by atoms with van der Waals surface area (Å²) in [6.07, 6.45) is 2.93. The van der Waals surface area contributed by atoms with Crippen molar-refractivity contribution in [3.8, 4) is 0 Å². The van der Waals surface area contributed by atoms with Crippen molar-refractivity contribution in [2.75, 3.05) is 13.1 Å². The maximum atomic E-state index is 12.7. The van der Waals surface area contributed by atoms with Crippen LogP contribution >= 0.6 is 0 Å². The summed E-state index contributed by atoms with van der Waals surface area (Å²) < 4.78 is 0. The monoisotopic (exact) mass is 364 g/mol. The second kappa shape index (κ2) is 9.18. The SMILES string of the molecule is CCc1ccc(C(C)NC(=O)C2CCN(Cc3ccccc3C)CC2)cc1. The van der Waals surface area contributed by atoms with Crippen LogP contribution in [-0.4, -0.2) is 23.9 Å². The Bertz CT molecular complexity index is 745. The molecule has 1 unspecified atom stereocenters. The van der Waals surface area contributed by atoms with Crippen LogP contribution in [0.1, 0.15) is 55.0 Å². The molecular formula is C24H32N2O. The zero-order valence-electron chi connectivity index (χ0n) is 16.9. The van der Waals surface area contributed by atoms with Crippen molar-refractivity contribution in [3.63, 3.8) is 0 Å². The third kappa shape index (κ3) is 5.20. The molecule has 3 rings (SSSR count). The van der Waals surface area contributed by atoms with E-state index in [0.717, 1.165) is 38.9 Å². The molecule has 0 bridgehead atoms. The van der Waals surface area contributed by atoms with Crippen LogP contribution in [-0.2, 0) is 17.8 Å². The minimum Gasteiger partial charge on any atom is -0.349 e. The van der Waals surface area contributed by atoms with Crippen LogP contribution in [0.15, 0.2) is 48.5 Å². The largest absolute Gasteiger partial charge is 0.349 e. The quantitative estimate of drug-likeness (QED) is 0.809. The van der Waals surface area contributed by atoms with E-state index in [9.17, 15) is 4.79 Å². The number of benzene rings is 2. The molecule has 0 radical (unpaired) electrons. The van der Waals surface area contributed by atoms with Crippen LogP contribution in [0.5, 0.6) is 0 Å². The Kier molecular flexibility index (Phi) is 6.68. The van der Waals surface area contributed by atoms with Crippen molar-refractivity contribution in [1.29, 1.82) is 0 Å². The molecule has 0 aromatic heterocycles. The second-order valence-corrected chi connectivity index (χ2v) is 7.80. The highest BCUT2D eigenvalue weighted by Gasteiger charge is 2.26. The van der Waals surface area contributed by atoms with E-state index >= 15 is 0 Å². The number of hydrogen-bond donors (Lipinski definition) is 1. The molecule has 1 aliphatic heterocycles. The normalized spacial score (nSPS) is 16.9. The Labute approximate surface area is 163 Å². The van der Waals surface area contributed by atoms with Crippen molar-refractivity contribution >= 4 is 5.91 Å². The Morgan fingerprint density at radius 3 is 2.41 bits per heavy atom. The molecule has 1 amide bonds. The summed E-state index contributed by atoms with van der Waals surface area (Å²) >= 11 is 0. The summed E-state index contributed by atoms with van der Waals surface area (Å²) in [6.45, 7) is 9.38. The number of nitrogens with zero attached hydrogens (tertiary/aromatic N) is 1. The van der Waals surface area contributed by atoms with Gasteiger partial charge in [-0.2, -0.15) is 0 Å². The van der Waals surface area contributed by atoms with Gasteiger partial charge in [-0.05, 0) is 68.5 Å². The highest BCUT2D eigenvalue weighted by Crippen LogP contribution is 2.22. The lowest BCUT2D eigenvalue weighted by atomic mass is 9.94. The van der Waals surface area contributed by atoms with E-state index < -0.39 is 0 Å². The standard InChI is InChI=1S/C24H32N2O/c1-4-20-9-11-21(12-10-20)19(3)25-24(27)22-13-15-26(16-14-22)17-23-8-6-5-7-18(23)2/h5-12,19,22H,4,13-17H2,1-3H3,(H,25,27). The van der Waals surface area contributed by atoms with Crippen LogP contribution in [0.3, 0.4) is 0 Å². The topological polar surface area (TPSA) is 32.3 Å². The Hall–Kier alpha value is -2.13. The molecule has 2 aromatic carbocycles. The number of aryl methyl sites for hydroxylation is 2. The van der Waals surface area contributed by atoms with Crippen molar-refractivity contribution in [3.05, 3.63) is 70.8 Å². The average Bonchev–Trinajstić information content (AvgIpc) is 2.70. The summed E-state index contributed by atoms with van der Waals surface area (Å²) in [5.41, 5.74) is 5.25. The van der Waals surface area contributed by atoms with Crippen molar-refractivity contribution < 1.29 is 4.79 Å². The van der Waals surface area contributed by atoms with Crippen LogP contribution in [0.25, 0.3) is 0 Å². The average molecular weight is 365 g/mol. The minimum atomic E-state index is 0.0633. The molecule has 1 N–H and O–H groups in total. The number of carbonyl (C=O) groups is 1. The molecule has 1 heterocycles. The van der Waals surface area contributed by atoms with Gasteiger partial charge in [-0.15, -0.1) is 0 Å². The summed E-state index contributed by atoms with van der Waals surface area (Å²) in [4.78, 5) is 15.2. The first-order chi connectivity index (χ1) is 13.1. The highest BCUT2D eigenvalue weighted by molar-refractivity contribution is 5.79. The molecule has 2 aromatic rings. The molecular weight excluding hydrogens is 332 g/mol. The summed E-state index contributed by atoms with van der Waals surface area (Å²) in [5.74, 6) is 0.341. The number of amides is 1. The van der Waals surface area contributed by atoms with Gasteiger partial charge < -0.3 is 5.32 Å². The fourth-order valence-corrected chi connectivity index (χ4v) is 3.84. The molecule has 0 aliphatic carbocycles. The van der Waals surface area contributed by atoms with Gasteiger partial charge in [0, 0.05) is 12.5 Å². The van der Waals surface area contributed by atoms with E-state index in [1.54, 1.807) is 0 Å². The van der Waals surface area contributed by atoms with Gasteiger partial charge in [0.25, 0.3) is 0 Å². The van der Waals surface area contributed by atoms with Crippen LogP contribution in [0.2, 0.25) is 0 Å². The predicted octanol–water partition coefficient (Wildman–Crippen LogP) is 4.65. The molecule has 3 heteroatoms. The number of carbonyl (C=O) groups excluding carboxylic acids is 1. The molecule has 144 valence electrons. The molecule has 1 saturated heterocycles. The smallest absolute Gasteiger partial charge is 0.223 e. The fraction of sp³-hybridized carbons (Fsp3) is 0.458. The minimum absolute atomic E-state index is 0.0633. The van der Waals surface area contributed by atoms with Gasteiger partial charge in [0.05, 0.1) is 6.04 Å². The molecule has 1 aliphatic rings. The first-order valence-electron chi connectivity index (χ1n) is 10.2. The maximum absolute atomic E-state index is 12.7. The van der Waals surface area contributed by atoms with Gasteiger partial charge in [0.2, 0.25) is 5.91 Å². The lowest BCUT2D eigenvalue weighted by Crippen LogP contribution is -2.41. The first-order valence-corrected chi connectivity index (χ1v) is 10.2. The van der Waals surface area contributed by atoms with Crippen LogP contribution < -0.4 is 5.32 Å². The summed E-state index contributed by atoms with van der Waals surface area (Å²) in [5, 5.41) is 3.22. The third-order valence-electron chi connectivity index (χ3n) is 5.86. The van der Waals surface area contributed by atoms with Gasteiger partial charge in [-0.25, -0.2) is 0 Å². The van der Waals surface area contributed by atoms with E-state index in [-0.39, 0.29) is 17.9 Å². The van der Waals surface area contributed by atoms with E-state index in [2.05, 4.69) is 79.5 Å². The molecule has 1 fully saturated rings. The Morgan fingerprint density at radius 2 is 1.78 bits per heavy atom. The predicted molar refractivity (Wildman–Crippen MR) is 112 cm³/mol. The van der Waals surface area contributed by atoms with Crippen LogP contribution in [0.4, 0.5) is 0 Å². The van der Waals surface area contributed by atoms with E-state index in [1.807, 2.05) is 0 Å². The van der Waals surface area contributed by atoms with Gasteiger partial charge in [-0.3, -0.25) is 9.69 Å². The Morgan fingerprint density at radius 1 is 1.11 bits per heavy atom. The zero-order chi connectivity index (χ0) is 19.2. The molecule has 1 atom stereocenters. The van der Waals surface area contributed by atoms with E-state index in [0.29, 0.717) is 0 Å². The first kappa shape index (κ1) is 19.6. The highest BCUT2D eigenvalue weighted by atomic mass is 16.1. The number of likely N-dealkylation sites (tertiary alicyclic amines) is 1. The number of rotatable bonds is 6. The summed E-state index contributed by atoms with van der Waals surface area (Å²) in [6, 6.07) is 17.2.